The van der Waals surface area contributed by atoms with Gasteiger partial charge in [-0.3, -0.25) is 5.43 Å². The molecular weight excluding hydrogens is 314 g/mol. The van der Waals surface area contributed by atoms with Crippen molar-refractivity contribution >= 4 is 23.5 Å². The maximum Gasteiger partial charge on any atom is 0.187 e. The van der Waals surface area contributed by atoms with Crippen LogP contribution in [0.1, 0.15) is 11.1 Å². The van der Waals surface area contributed by atoms with Crippen molar-refractivity contribution in [1.82, 2.24) is 10.7 Å². The molecule has 0 saturated heterocycles. The fraction of sp³-hybridized carbons (Fsp3) is 0.125. The first-order chi connectivity index (χ1) is 11.1. The van der Waals surface area contributed by atoms with E-state index in [9.17, 15) is 10.2 Å². The molecular formula is C16H17N3O3S. The van der Waals surface area contributed by atoms with Gasteiger partial charge in [0, 0.05) is 12.1 Å². The average molecular weight is 331 g/mol. The summed E-state index contributed by atoms with van der Waals surface area (Å²) in [5.41, 5.74) is 4.07. The van der Waals surface area contributed by atoms with Gasteiger partial charge in [0.25, 0.3) is 0 Å². The molecule has 0 aliphatic carbocycles. The van der Waals surface area contributed by atoms with Crippen molar-refractivity contribution in [3.63, 3.8) is 0 Å². The van der Waals surface area contributed by atoms with E-state index in [-0.39, 0.29) is 11.5 Å². The van der Waals surface area contributed by atoms with E-state index in [2.05, 4.69) is 15.8 Å². The second kappa shape index (κ2) is 8.00. The molecule has 0 amide bonds. The van der Waals surface area contributed by atoms with Gasteiger partial charge >= 0.3 is 0 Å². The van der Waals surface area contributed by atoms with Gasteiger partial charge in [-0.15, -0.1) is 0 Å². The zero-order chi connectivity index (χ0) is 16.7. The summed E-state index contributed by atoms with van der Waals surface area (Å²) >= 11 is 5.10. The second-order valence-corrected chi connectivity index (χ2v) is 5.02. The molecule has 0 atom stereocenters. The Morgan fingerprint density at radius 2 is 1.96 bits per heavy atom. The summed E-state index contributed by atoms with van der Waals surface area (Å²) in [6.07, 6.45) is 1.37. The lowest BCUT2D eigenvalue weighted by atomic mass is 10.2. The molecule has 0 aliphatic heterocycles. The van der Waals surface area contributed by atoms with Crippen LogP contribution in [0.2, 0.25) is 0 Å². The van der Waals surface area contributed by atoms with Crippen LogP contribution >= 0.6 is 12.2 Å². The number of hydrogen-bond donors (Lipinski definition) is 4. The number of para-hydroxylation sites is 1. The van der Waals surface area contributed by atoms with E-state index >= 15 is 0 Å². The van der Waals surface area contributed by atoms with Crippen molar-refractivity contribution in [3.8, 4) is 17.2 Å². The third-order valence-corrected chi connectivity index (χ3v) is 3.26. The average Bonchev–Trinajstić information content (AvgIpc) is 2.57. The monoisotopic (exact) mass is 331 g/mol. The normalized spacial score (nSPS) is 10.5. The first-order valence-electron chi connectivity index (χ1n) is 6.81. The van der Waals surface area contributed by atoms with Gasteiger partial charge in [-0.1, -0.05) is 18.2 Å². The minimum absolute atomic E-state index is 0.200. The summed E-state index contributed by atoms with van der Waals surface area (Å²) in [7, 11) is 1.62. The minimum atomic E-state index is -0.227. The fourth-order valence-electron chi connectivity index (χ4n) is 1.78. The summed E-state index contributed by atoms with van der Waals surface area (Å²) < 4.78 is 5.09. The molecule has 4 N–H and O–H groups in total. The third-order valence-electron chi connectivity index (χ3n) is 3.03. The van der Waals surface area contributed by atoms with Crippen LogP contribution in [-0.4, -0.2) is 28.6 Å². The van der Waals surface area contributed by atoms with Crippen molar-refractivity contribution in [1.29, 1.82) is 0 Å². The third kappa shape index (κ3) is 4.86. The number of hydrazone groups is 1. The maximum absolute atomic E-state index is 9.63. The van der Waals surface area contributed by atoms with Crippen LogP contribution in [0.15, 0.2) is 47.6 Å². The van der Waals surface area contributed by atoms with Gasteiger partial charge in [0.1, 0.15) is 5.75 Å². The van der Waals surface area contributed by atoms with Crippen molar-refractivity contribution < 1.29 is 14.9 Å². The Kier molecular flexibility index (Phi) is 5.76. The topological polar surface area (TPSA) is 86.1 Å². The van der Waals surface area contributed by atoms with Crippen molar-refractivity contribution in [2.24, 2.45) is 5.10 Å². The van der Waals surface area contributed by atoms with E-state index in [0.29, 0.717) is 17.2 Å². The van der Waals surface area contributed by atoms with Crippen molar-refractivity contribution in [2.45, 2.75) is 6.54 Å². The molecule has 6 nitrogen and oxygen atoms in total. The molecule has 0 heterocycles. The van der Waals surface area contributed by atoms with Gasteiger partial charge in [0.2, 0.25) is 0 Å². The van der Waals surface area contributed by atoms with E-state index in [1.807, 2.05) is 24.3 Å². The van der Waals surface area contributed by atoms with Crippen LogP contribution in [0.3, 0.4) is 0 Å². The first-order valence-corrected chi connectivity index (χ1v) is 7.21. The minimum Gasteiger partial charge on any atom is -0.504 e. The van der Waals surface area contributed by atoms with Gasteiger partial charge in [0.05, 0.1) is 13.3 Å². The number of aromatic hydroxyl groups is 2. The molecule has 0 spiro atoms. The van der Waals surface area contributed by atoms with E-state index < -0.39 is 0 Å². The first kappa shape index (κ1) is 16.6. The number of methoxy groups -OCH3 is 1. The molecule has 2 aromatic carbocycles. The Bertz CT molecular complexity index is 702. The van der Waals surface area contributed by atoms with Gasteiger partial charge in [-0.25, -0.2) is 0 Å². The molecule has 0 bridgehead atoms. The molecule has 0 saturated carbocycles. The zero-order valence-corrected chi connectivity index (χ0v) is 13.3. The molecule has 0 radical (unpaired) electrons. The zero-order valence-electron chi connectivity index (χ0n) is 12.5. The van der Waals surface area contributed by atoms with Crippen LogP contribution in [0.4, 0.5) is 0 Å². The summed E-state index contributed by atoms with van der Waals surface area (Å²) in [6.45, 7) is 0.544. The molecule has 0 fully saturated rings. The number of nitrogens with one attached hydrogen (secondary N) is 2. The highest BCUT2D eigenvalue weighted by Gasteiger charge is 2.02. The maximum atomic E-state index is 9.63. The molecule has 7 heteroatoms. The van der Waals surface area contributed by atoms with Crippen LogP contribution in [-0.2, 0) is 6.54 Å². The standard InChI is InChI=1S/C16H17N3O3S/c1-22-13-7-5-11(6-8-13)9-17-16(23)19-18-10-12-3-2-4-14(20)15(12)21/h2-8,10,20-21H,9H2,1H3,(H2,17,19,23)/b18-10+. The van der Waals surface area contributed by atoms with Gasteiger partial charge in [0.15, 0.2) is 16.6 Å². The van der Waals surface area contributed by atoms with Crippen LogP contribution in [0.25, 0.3) is 0 Å². The summed E-state index contributed by atoms with van der Waals surface area (Å²) in [6, 6.07) is 12.2. The Labute approximate surface area is 139 Å². The predicted molar refractivity (Wildman–Crippen MR) is 92.9 cm³/mol. The number of benzene rings is 2. The second-order valence-electron chi connectivity index (χ2n) is 4.62. The van der Waals surface area contributed by atoms with Crippen LogP contribution < -0.4 is 15.5 Å². The smallest absolute Gasteiger partial charge is 0.187 e. The van der Waals surface area contributed by atoms with Crippen molar-refractivity contribution in [2.75, 3.05) is 7.11 Å². The van der Waals surface area contributed by atoms with E-state index in [1.54, 1.807) is 19.2 Å². The Morgan fingerprint density at radius 1 is 1.22 bits per heavy atom. The predicted octanol–water partition coefficient (Wildman–Crippen LogP) is 2.10. The number of nitrogens with zero attached hydrogens (tertiary/aromatic N) is 1. The SMILES string of the molecule is COc1ccc(CNC(=S)N/N=C/c2cccc(O)c2O)cc1. The van der Waals surface area contributed by atoms with Gasteiger partial charge in [-0.2, -0.15) is 5.10 Å². The molecule has 0 aliphatic rings. The number of hydrogen-bond acceptors (Lipinski definition) is 5. The van der Waals surface area contributed by atoms with E-state index in [1.165, 1.54) is 12.3 Å². The summed E-state index contributed by atoms with van der Waals surface area (Å²) in [4.78, 5) is 0. The number of rotatable bonds is 5. The van der Waals surface area contributed by atoms with Gasteiger partial charge < -0.3 is 20.3 Å². The number of phenols is 2. The molecule has 0 unspecified atom stereocenters. The molecule has 2 aromatic rings. The van der Waals surface area contributed by atoms with E-state index in [0.717, 1.165) is 11.3 Å². The lowest BCUT2D eigenvalue weighted by molar-refractivity contribution is 0.403. The molecule has 0 aromatic heterocycles. The summed E-state index contributed by atoms with van der Waals surface area (Å²) in [5, 5.41) is 26.3. The highest BCUT2D eigenvalue weighted by atomic mass is 32.1. The van der Waals surface area contributed by atoms with Crippen LogP contribution in [0.5, 0.6) is 17.2 Å². The highest BCUT2D eigenvalue weighted by Crippen LogP contribution is 2.26. The lowest BCUT2D eigenvalue weighted by Crippen LogP contribution is -2.31. The summed E-state index contributed by atoms with van der Waals surface area (Å²) in [5.74, 6) is 0.370. The number of thiocarbonyl (C=S) groups is 1. The Balaban J connectivity index is 1.82. The number of phenolic OH excluding ortho intramolecular Hbond substituents is 2. The number of ether oxygens (including phenoxy) is 1. The Morgan fingerprint density at radius 3 is 2.65 bits per heavy atom. The largest absolute Gasteiger partial charge is 0.504 e. The molecule has 120 valence electrons. The molecule has 2 rings (SSSR count). The highest BCUT2D eigenvalue weighted by molar-refractivity contribution is 7.80. The fourth-order valence-corrected chi connectivity index (χ4v) is 1.90. The van der Waals surface area contributed by atoms with Crippen LogP contribution in [0, 0.1) is 0 Å². The van der Waals surface area contributed by atoms with E-state index in [4.69, 9.17) is 17.0 Å². The molecule has 23 heavy (non-hydrogen) atoms. The lowest BCUT2D eigenvalue weighted by Gasteiger charge is -2.08. The quantitative estimate of drug-likeness (QED) is 0.291. The van der Waals surface area contributed by atoms with Gasteiger partial charge in [-0.05, 0) is 42.0 Å². The van der Waals surface area contributed by atoms with Crippen molar-refractivity contribution in [3.05, 3.63) is 53.6 Å². The Hall–Kier alpha value is -2.80.